The van der Waals surface area contributed by atoms with Crippen LogP contribution in [-0.2, 0) is 9.59 Å². The van der Waals surface area contributed by atoms with E-state index in [2.05, 4.69) is 17.2 Å². The third kappa shape index (κ3) is 4.30. The molecule has 0 radical (unpaired) electrons. The highest BCUT2D eigenvalue weighted by Gasteiger charge is 2.12. The van der Waals surface area contributed by atoms with Gasteiger partial charge in [0.15, 0.2) is 6.10 Å². The van der Waals surface area contributed by atoms with Gasteiger partial charge in [-0.1, -0.05) is 5.92 Å². The van der Waals surface area contributed by atoms with Crippen molar-refractivity contribution in [2.45, 2.75) is 13.0 Å². The van der Waals surface area contributed by atoms with Gasteiger partial charge >= 0.3 is 5.97 Å². The van der Waals surface area contributed by atoms with Crippen LogP contribution in [0.1, 0.15) is 6.92 Å². The van der Waals surface area contributed by atoms with Gasteiger partial charge in [0.25, 0.3) is 5.91 Å². The molecule has 0 aliphatic heterocycles. The maximum absolute atomic E-state index is 10.6. The fraction of sp³-hybridized carbons (Fsp3) is 0.429. The fourth-order valence-corrected chi connectivity index (χ4v) is 0.434. The highest BCUT2D eigenvalue weighted by Crippen LogP contribution is 1.78. The van der Waals surface area contributed by atoms with Gasteiger partial charge in [-0.05, 0) is 12.8 Å². The molecule has 0 fully saturated rings. The number of nitrogens with one attached hydrogen (secondary N) is 1. The van der Waals surface area contributed by atoms with Crippen LogP contribution in [0, 0.1) is 11.8 Å². The molecule has 0 aromatic rings. The van der Waals surface area contributed by atoms with Crippen LogP contribution in [-0.4, -0.2) is 34.7 Å². The molecule has 0 heterocycles. The summed E-state index contributed by atoms with van der Waals surface area (Å²) in [6.07, 6.45) is -1.58. The Morgan fingerprint density at radius 1 is 1.58 bits per heavy atom. The van der Waals surface area contributed by atoms with Crippen LogP contribution < -0.4 is 5.32 Å². The first-order valence-corrected chi connectivity index (χ1v) is 3.19. The second-order valence-corrected chi connectivity index (χ2v) is 1.94. The van der Waals surface area contributed by atoms with Crippen LogP contribution in [0.4, 0.5) is 0 Å². The normalized spacial score (nSPS) is 10.8. The van der Waals surface area contributed by atoms with Crippen LogP contribution in [0.15, 0.2) is 0 Å². The number of carbonyl (C=O) groups is 2. The van der Waals surface area contributed by atoms with E-state index in [1.54, 1.807) is 0 Å². The molecule has 66 valence electrons. The van der Waals surface area contributed by atoms with Crippen molar-refractivity contribution in [2.75, 3.05) is 6.54 Å². The standard InChI is InChI=1S/C7H9NO4/c1-2-3-6(10)8-4-5(9)7(11)12/h5,9H,4H2,1H3,(H,8,10)(H,11,12)/t5-/m0/s1. The molecule has 0 saturated heterocycles. The molecular weight excluding hydrogens is 162 g/mol. The maximum atomic E-state index is 10.6. The Kier molecular flexibility index (Phi) is 4.49. The molecule has 0 aromatic carbocycles. The Bertz CT molecular complexity index is 238. The third-order valence-electron chi connectivity index (χ3n) is 0.980. The summed E-state index contributed by atoms with van der Waals surface area (Å²) >= 11 is 0. The summed E-state index contributed by atoms with van der Waals surface area (Å²) in [6, 6.07) is 0. The zero-order valence-electron chi connectivity index (χ0n) is 6.50. The molecule has 0 aliphatic carbocycles. The minimum Gasteiger partial charge on any atom is -0.479 e. The summed E-state index contributed by atoms with van der Waals surface area (Å²) in [6.45, 7) is 1.15. The third-order valence-corrected chi connectivity index (χ3v) is 0.980. The lowest BCUT2D eigenvalue weighted by Crippen LogP contribution is -2.35. The van der Waals surface area contributed by atoms with Gasteiger partial charge in [0.05, 0.1) is 6.54 Å². The molecule has 0 aliphatic rings. The second-order valence-electron chi connectivity index (χ2n) is 1.94. The van der Waals surface area contributed by atoms with Crippen molar-refractivity contribution in [3.8, 4) is 11.8 Å². The highest BCUT2D eigenvalue weighted by molar-refractivity contribution is 5.93. The largest absolute Gasteiger partial charge is 0.479 e. The minimum absolute atomic E-state index is 0.331. The Morgan fingerprint density at radius 2 is 2.17 bits per heavy atom. The Labute approximate surface area is 69.4 Å². The molecule has 0 unspecified atom stereocenters. The van der Waals surface area contributed by atoms with Crippen LogP contribution in [0.2, 0.25) is 0 Å². The van der Waals surface area contributed by atoms with Crippen LogP contribution in [0.3, 0.4) is 0 Å². The molecule has 12 heavy (non-hydrogen) atoms. The first kappa shape index (κ1) is 10.5. The molecule has 0 spiro atoms. The van der Waals surface area contributed by atoms with Gasteiger partial charge in [0.2, 0.25) is 0 Å². The van der Waals surface area contributed by atoms with Crippen LogP contribution in [0.25, 0.3) is 0 Å². The number of aliphatic hydroxyl groups excluding tert-OH is 1. The number of carboxylic acids is 1. The number of aliphatic hydroxyl groups is 1. The minimum atomic E-state index is -1.58. The van der Waals surface area contributed by atoms with Gasteiger partial charge in [0.1, 0.15) is 0 Å². The molecule has 5 nitrogen and oxygen atoms in total. The lowest BCUT2D eigenvalue weighted by atomic mass is 10.3. The summed E-state index contributed by atoms with van der Waals surface area (Å²) in [7, 11) is 0. The van der Waals surface area contributed by atoms with Crippen molar-refractivity contribution in [3.63, 3.8) is 0 Å². The average Bonchev–Trinajstić information content (AvgIpc) is 2.00. The molecule has 5 heteroatoms. The molecule has 0 rings (SSSR count). The van der Waals surface area contributed by atoms with Crippen molar-refractivity contribution >= 4 is 11.9 Å². The SMILES string of the molecule is CC#CC(=O)NC[C@H](O)C(=O)O. The van der Waals surface area contributed by atoms with E-state index in [9.17, 15) is 9.59 Å². The van der Waals surface area contributed by atoms with Crippen LogP contribution in [0.5, 0.6) is 0 Å². The van der Waals surface area contributed by atoms with E-state index in [1.807, 2.05) is 0 Å². The van der Waals surface area contributed by atoms with Crippen molar-refractivity contribution < 1.29 is 19.8 Å². The van der Waals surface area contributed by atoms with Crippen molar-refractivity contribution in [1.29, 1.82) is 0 Å². The number of amides is 1. The smallest absolute Gasteiger partial charge is 0.334 e. The average molecular weight is 171 g/mol. The summed E-state index contributed by atoms with van der Waals surface area (Å²) in [5, 5.41) is 19.0. The lowest BCUT2D eigenvalue weighted by Gasteiger charge is -2.03. The maximum Gasteiger partial charge on any atom is 0.334 e. The van der Waals surface area contributed by atoms with Gasteiger partial charge in [-0.3, -0.25) is 4.79 Å². The Hall–Kier alpha value is -1.54. The van der Waals surface area contributed by atoms with E-state index in [-0.39, 0.29) is 6.54 Å². The molecule has 3 N–H and O–H groups in total. The summed E-state index contributed by atoms with van der Waals surface area (Å²) < 4.78 is 0. The summed E-state index contributed by atoms with van der Waals surface area (Å²) in [4.78, 5) is 20.6. The molecule has 0 aromatic heterocycles. The van der Waals surface area contributed by atoms with E-state index < -0.39 is 18.0 Å². The number of carbonyl (C=O) groups excluding carboxylic acids is 1. The first-order chi connectivity index (χ1) is 5.57. The summed E-state index contributed by atoms with van der Waals surface area (Å²) in [5.41, 5.74) is 0. The predicted molar refractivity (Wildman–Crippen MR) is 40.1 cm³/mol. The quantitative estimate of drug-likeness (QED) is 0.454. The van der Waals surface area contributed by atoms with Crippen molar-refractivity contribution in [3.05, 3.63) is 0 Å². The van der Waals surface area contributed by atoms with Gasteiger partial charge in [-0.2, -0.15) is 0 Å². The molecule has 1 amide bonds. The first-order valence-electron chi connectivity index (χ1n) is 3.19. The van der Waals surface area contributed by atoms with E-state index in [0.29, 0.717) is 0 Å². The van der Waals surface area contributed by atoms with Crippen molar-refractivity contribution in [1.82, 2.24) is 5.32 Å². The Morgan fingerprint density at radius 3 is 2.58 bits per heavy atom. The molecule has 0 bridgehead atoms. The van der Waals surface area contributed by atoms with Gasteiger partial charge in [-0.15, -0.1) is 0 Å². The topological polar surface area (TPSA) is 86.6 Å². The Balaban J connectivity index is 3.73. The fourth-order valence-electron chi connectivity index (χ4n) is 0.434. The number of aliphatic carboxylic acids is 1. The van der Waals surface area contributed by atoms with E-state index in [4.69, 9.17) is 10.2 Å². The highest BCUT2D eigenvalue weighted by atomic mass is 16.4. The van der Waals surface area contributed by atoms with Gasteiger partial charge in [-0.25, -0.2) is 4.79 Å². The number of hydrogen-bond donors (Lipinski definition) is 3. The van der Waals surface area contributed by atoms with E-state index >= 15 is 0 Å². The number of rotatable bonds is 3. The van der Waals surface area contributed by atoms with Gasteiger partial charge in [0, 0.05) is 0 Å². The predicted octanol–water partition coefficient (Wildman–Crippen LogP) is -1.43. The van der Waals surface area contributed by atoms with Crippen molar-refractivity contribution in [2.24, 2.45) is 0 Å². The van der Waals surface area contributed by atoms with E-state index in [0.717, 1.165) is 0 Å². The zero-order chi connectivity index (χ0) is 9.56. The summed E-state index contributed by atoms with van der Waals surface area (Å²) in [5.74, 6) is 2.49. The van der Waals surface area contributed by atoms with Crippen LogP contribution >= 0.6 is 0 Å². The van der Waals surface area contributed by atoms with E-state index in [1.165, 1.54) is 6.92 Å². The number of hydrogen-bond acceptors (Lipinski definition) is 3. The molecule has 1 atom stereocenters. The molecule has 0 saturated carbocycles. The van der Waals surface area contributed by atoms with Gasteiger partial charge < -0.3 is 15.5 Å². The zero-order valence-corrected chi connectivity index (χ0v) is 6.50. The number of carboxylic acid groups (broad SMARTS) is 1. The second kappa shape index (κ2) is 5.16. The molecular formula is C7H9NO4. The monoisotopic (exact) mass is 171 g/mol. The lowest BCUT2D eigenvalue weighted by molar-refractivity contribution is -0.146.